The van der Waals surface area contributed by atoms with E-state index in [2.05, 4.69) is 4.98 Å². The highest BCUT2D eigenvalue weighted by atomic mass is 32.2. The lowest BCUT2D eigenvalue weighted by molar-refractivity contribution is 0.0526. The van der Waals surface area contributed by atoms with E-state index in [0.29, 0.717) is 11.3 Å². The first-order chi connectivity index (χ1) is 14.9. The largest absolute Gasteiger partial charge is 0.491 e. The van der Waals surface area contributed by atoms with E-state index in [9.17, 15) is 18.3 Å². The van der Waals surface area contributed by atoms with Gasteiger partial charge in [0.05, 0.1) is 23.6 Å². The lowest BCUT2D eigenvalue weighted by Gasteiger charge is -2.24. The van der Waals surface area contributed by atoms with Crippen molar-refractivity contribution < 1.29 is 27.8 Å². The summed E-state index contributed by atoms with van der Waals surface area (Å²) in [6, 6.07) is 14.2. The lowest BCUT2D eigenvalue weighted by atomic mass is 10.2. The summed E-state index contributed by atoms with van der Waals surface area (Å²) in [6.07, 6.45) is 0.383. The van der Waals surface area contributed by atoms with Crippen LogP contribution in [0.4, 0.5) is 5.13 Å². The summed E-state index contributed by atoms with van der Waals surface area (Å²) < 4.78 is 37.7. The molecule has 0 saturated heterocycles. The smallest absolute Gasteiger partial charge is 0.338 e. The molecule has 1 N–H and O–H groups in total. The summed E-state index contributed by atoms with van der Waals surface area (Å²) in [4.78, 5) is 15.9. The van der Waals surface area contributed by atoms with E-state index in [1.54, 1.807) is 54.8 Å². The highest BCUT2D eigenvalue weighted by Gasteiger charge is 2.29. The standard InChI is InChI=1S/C21H22N2O6S2/c1-2-28-20(25)16-8-10-18(11-9-16)29-15-17(24)14-23(21-22-12-13-30-21)31(26,27)19-6-4-3-5-7-19/h3-13,17,24H,2,14-15H2,1H3/t17-/m1/s1. The number of aromatic nitrogens is 1. The van der Waals surface area contributed by atoms with Crippen LogP contribution in [0.25, 0.3) is 0 Å². The number of aliphatic hydroxyl groups is 1. The Bertz CT molecular complexity index is 1070. The van der Waals surface area contributed by atoms with Crippen molar-refractivity contribution in [2.75, 3.05) is 24.1 Å². The molecule has 0 fully saturated rings. The third kappa shape index (κ3) is 5.81. The Balaban J connectivity index is 1.68. The van der Waals surface area contributed by atoms with Crippen LogP contribution in [0.2, 0.25) is 0 Å². The van der Waals surface area contributed by atoms with Crippen molar-refractivity contribution in [1.82, 2.24) is 4.98 Å². The number of anilines is 1. The molecule has 0 aliphatic rings. The van der Waals surface area contributed by atoms with Gasteiger partial charge in [-0.25, -0.2) is 22.5 Å². The molecule has 10 heteroatoms. The first-order valence-electron chi connectivity index (χ1n) is 9.47. The molecule has 0 amide bonds. The number of carbonyl (C=O) groups excluding carboxylic acids is 1. The van der Waals surface area contributed by atoms with Crippen molar-refractivity contribution in [1.29, 1.82) is 0 Å². The zero-order chi connectivity index (χ0) is 22.3. The van der Waals surface area contributed by atoms with Crippen molar-refractivity contribution in [3.05, 3.63) is 71.7 Å². The van der Waals surface area contributed by atoms with E-state index >= 15 is 0 Å². The Morgan fingerprint density at radius 1 is 1.16 bits per heavy atom. The number of hydrogen-bond acceptors (Lipinski definition) is 8. The van der Waals surface area contributed by atoms with Gasteiger partial charge in [-0.1, -0.05) is 18.2 Å². The second kappa shape index (κ2) is 10.4. The second-order valence-electron chi connectivity index (χ2n) is 6.37. The Morgan fingerprint density at radius 2 is 1.87 bits per heavy atom. The Kier molecular flexibility index (Phi) is 7.61. The highest BCUT2D eigenvalue weighted by molar-refractivity contribution is 7.93. The molecule has 0 unspecified atom stereocenters. The molecule has 0 saturated carbocycles. The van der Waals surface area contributed by atoms with Gasteiger partial charge in [-0.15, -0.1) is 11.3 Å². The van der Waals surface area contributed by atoms with Crippen LogP contribution in [0, 0.1) is 0 Å². The normalized spacial score (nSPS) is 12.2. The SMILES string of the molecule is CCOC(=O)c1ccc(OC[C@H](O)CN(c2nccs2)S(=O)(=O)c2ccccc2)cc1. The quantitative estimate of drug-likeness (QED) is 0.462. The van der Waals surface area contributed by atoms with Crippen molar-refractivity contribution >= 4 is 32.5 Å². The average molecular weight is 463 g/mol. The van der Waals surface area contributed by atoms with Crippen molar-refractivity contribution in [2.45, 2.75) is 17.9 Å². The maximum Gasteiger partial charge on any atom is 0.338 e. The minimum atomic E-state index is -3.91. The molecule has 2 aromatic carbocycles. The predicted octanol–water partition coefficient (Wildman–Crippen LogP) is 2.96. The molecule has 164 valence electrons. The first kappa shape index (κ1) is 22.7. The molecule has 0 bridgehead atoms. The van der Waals surface area contributed by atoms with E-state index in [1.807, 2.05) is 0 Å². The summed E-state index contributed by atoms with van der Waals surface area (Å²) in [5, 5.41) is 12.4. The van der Waals surface area contributed by atoms with Crippen LogP contribution in [0.1, 0.15) is 17.3 Å². The van der Waals surface area contributed by atoms with Gasteiger partial charge in [0.25, 0.3) is 10.0 Å². The third-order valence-electron chi connectivity index (χ3n) is 4.15. The Morgan fingerprint density at radius 3 is 2.48 bits per heavy atom. The van der Waals surface area contributed by atoms with Gasteiger partial charge in [-0.2, -0.15) is 0 Å². The van der Waals surface area contributed by atoms with Crippen LogP contribution in [0.3, 0.4) is 0 Å². The van der Waals surface area contributed by atoms with E-state index in [4.69, 9.17) is 9.47 Å². The van der Waals surface area contributed by atoms with Crippen LogP contribution in [-0.4, -0.2) is 50.3 Å². The van der Waals surface area contributed by atoms with Gasteiger partial charge >= 0.3 is 5.97 Å². The minimum absolute atomic E-state index is 0.105. The monoisotopic (exact) mass is 462 g/mol. The Labute approximate surface area is 184 Å². The summed E-state index contributed by atoms with van der Waals surface area (Å²) >= 11 is 1.16. The Hall–Kier alpha value is -2.95. The predicted molar refractivity (Wildman–Crippen MR) is 117 cm³/mol. The van der Waals surface area contributed by atoms with E-state index < -0.39 is 22.1 Å². The van der Waals surface area contributed by atoms with E-state index in [0.717, 1.165) is 15.6 Å². The van der Waals surface area contributed by atoms with Gasteiger partial charge in [0.2, 0.25) is 0 Å². The maximum atomic E-state index is 13.1. The average Bonchev–Trinajstić information content (AvgIpc) is 3.31. The third-order valence-corrected chi connectivity index (χ3v) is 6.83. The number of esters is 1. The molecular weight excluding hydrogens is 440 g/mol. The zero-order valence-electron chi connectivity index (χ0n) is 16.7. The van der Waals surface area contributed by atoms with Gasteiger partial charge in [-0.05, 0) is 43.3 Å². The zero-order valence-corrected chi connectivity index (χ0v) is 18.4. The highest BCUT2D eigenvalue weighted by Crippen LogP contribution is 2.26. The van der Waals surface area contributed by atoms with Crippen molar-refractivity contribution in [3.8, 4) is 5.75 Å². The molecule has 1 atom stereocenters. The molecule has 3 aromatic rings. The first-order valence-corrected chi connectivity index (χ1v) is 11.8. The maximum absolute atomic E-state index is 13.1. The second-order valence-corrected chi connectivity index (χ2v) is 9.11. The van der Waals surface area contributed by atoms with Crippen LogP contribution in [0.5, 0.6) is 5.75 Å². The van der Waals surface area contributed by atoms with E-state index in [1.165, 1.54) is 18.3 Å². The van der Waals surface area contributed by atoms with Crippen LogP contribution >= 0.6 is 11.3 Å². The van der Waals surface area contributed by atoms with Gasteiger partial charge < -0.3 is 14.6 Å². The number of carbonyl (C=O) groups is 1. The number of ether oxygens (including phenoxy) is 2. The topological polar surface area (TPSA) is 106 Å². The molecule has 0 radical (unpaired) electrons. The van der Waals surface area contributed by atoms with Crippen LogP contribution < -0.4 is 9.04 Å². The molecule has 3 rings (SSSR count). The summed E-state index contributed by atoms with van der Waals surface area (Å²) in [7, 11) is -3.91. The fourth-order valence-electron chi connectivity index (χ4n) is 2.68. The number of hydrogen-bond donors (Lipinski definition) is 1. The molecule has 8 nitrogen and oxygen atoms in total. The summed E-state index contributed by atoms with van der Waals surface area (Å²) in [5.41, 5.74) is 0.388. The summed E-state index contributed by atoms with van der Waals surface area (Å²) in [6.45, 7) is 1.63. The van der Waals surface area contributed by atoms with Gasteiger partial charge in [0.1, 0.15) is 18.5 Å². The molecular formula is C21H22N2O6S2. The van der Waals surface area contributed by atoms with Crippen molar-refractivity contribution in [2.24, 2.45) is 0 Å². The number of sulfonamides is 1. The van der Waals surface area contributed by atoms with E-state index in [-0.39, 0.29) is 29.8 Å². The van der Waals surface area contributed by atoms with Crippen LogP contribution in [-0.2, 0) is 14.8 Å². The molecule has 0 aliphatic carbocycles. The minimum Gasteiger partial charge on any atom is -0.491 e. The van der Waals surface area contributed by atoms with Gasteiger partial charge in [0, 0.05) is 11.6 Å². The number of nitrogens with zero attached hydrogens (tertiary/aromatic N) is 2. The number of aliphatic hydroxyl groups excluding tert-OH is 1. The molecule has 1 heterocycles. The number of rotatable bonds is 10. The molecule has 31 heavy (non-hydrogen) atoms. The van der Waals surface area contributed by atoms with Gasteiger partial charge in [0.15, 0.2) is 5.13 Å². The van der Waals surface area contributed by atoms with Crippen molar-refractivity contribution in [3.63, 3.8) is 0 Å². The lowest BCUT2D eigenvalue weighted by Crippen LogP contribution is -2.39. The molecule has 1 aromatic heterocycles. The number of benzene rings is 2. The fraction of sp³-hybridized carbons (Fsp3) is 0.238. The molecule has 0 aliphatic heterocycles. The summed E-state index contributed by atoms with van der Waals surface area (Å²) in [5.74, 6) is -0.00175. The fourth-order valence-corrected chi connectivity index (χ4v) is 5.03. The number of thiazole rings is 1. The van der Waals surface area contributed by atoms with Crippen LogP contribution in [0.15, 0.2) is 71.1 Å². The van der Waals surface area contributed by atoms with Gasteiger partial charge in [-0.3, -0.25) is 0 Å². The molecule has 0 spiro atoms.